The van der Waals surface area contributed by atoms with Gasteiger partial charge in [0.05, 0.1) is 19.8 Å². The molecule has 2 aliphatic heterocycles. The Kier molecular flexibility index (Phi) is 11.3. The quantitative estimate of drug-likeness (QED) is 0.257. The van der Waals surface area contributed by atoms with Crippen LogP contribution in [0.4, 0.5) is 0 Å². The molecule has 0 saturated carbocycles. The SMILES string of the molecule is COC(=O)/C=C/C(=O)SCCNCCCNC[C@@H]1OC2(CCCCN2C(C)=O)OCC1(C)C. The van der Waals surface area contributed by atoms with Gasteiger partial charge in [-0.05, 0) is 38.4 Å². The van der Waals surface area contributed by atoms with Gasteiger partial charge in [-0.3, -0.25) is 14.5 Å². The minimum atomic E-state index is -0.922. The number of carbonyl (C=O) groups is 3. The van der Waals surface area contributed by atoms with E-state index in [0.717, 1.165) is 50.2 Å². The molecule has 2 rings (SSSR count). The Labute approximate surface area is 201 Å². The number of piperidine rings is 1. The van der Waals surface area contributed by atoms with Crippen LogP contribution in [-0.2, 0) is 28.6 Å². The van der Waals surface area contributed by atoms with Gasteiger partial charge in [0, 0.05) is 50.2 Å². The Balaban J connectivity index is 1.64. The summed E-state index contributed by atoms with van der Waals surface area (Å²) < 4.78 is 17.1. The monoisotopic (exact) mass is 485 g/mol. The lowest BCUT2D eigenvalue weighted by Crippen LogP contribution is -2.65. The molecule has 0 aromatic rings. The van der Waals surface area contributed by atoms with Crippen molar-refractivity contribution >= 4 is 28.8 Å². The van der Waals surface area contributed by atoms with Gasteiger partial charge in [0.1, 0.15) is 0 Å². The third-order valence-electron chi connectivity index (χ3n) is 5.90. The lowest BCUT2D eigenvalue weighted by molar-refractivity contribution is -0.386. The maximum atomic E-state index is 12.2. The second-order valence-electron chi connectivity index (χ2n) is 9.06. The normalized spacial score (nSPS) is 24.8. The molecule has 1 amide bonds. The first-order valence-electron chi connectivity index (χ1n) is 11.6. The third-order valence-corrected chi connectivity index (χ3v) is 6.73. The van der Waals surface area contributed by atoms with Crippen LogP contribution >= 0.6 is 11.8 Å². The number of thioether (sulfide) groups is 1. The molecule has 2 fully saturated rings. The van der Waals surface area contributed by atoms with E-state index in [0.29, 0.717) is 38.4 Å². The predicted octanol–water partition coefficient (Wildman–Crippen LogP) is 1.67. The smallest absolute Gasteiger partial charge is 0.330 e. The predicted molar refractivity (Wildman–Crippen MR) is 128 cm³/mol. The fourth-order valence-electron chi connectivity index (χ4n) is 3.89. The first kappa shape index (κ1) is 27.8. The van der Waals surface area contributed by atoms with Crippen molar-refractivity contribution in [3.63, 3.8) is 0 Å². The van der Waals surface area contributed by atoms with E-state index in [1.165, 1.54) is 13.2 Å². The molecule has 9 nitrogen and oxygen atoms in total. The maximum absolute atomic E-state index is 12.2. The summed E-state index contributed by atoms with van der Waals surface area (Å²) in [5, 5.41) is 6.63. The zero-order valence-electron chi connectivity index (χ0n) is 20.3. The zero-order chi connectivity index (χ0) is 24.3. The van der Waals surface area contributed by atoms with E-state index in [1.807, 2.05) is 0 Å². The topological polar surface area (TPSA) is 106 Å². The number of amides is 1. The summed E-state index contributed by atoms with van der Waals surface area (Å²) in [6, 6.07) is 0. The first-order chi connectivity index (χ1) is 15.7. The molecule has 2 atom stereocenters. The van der Waals surface area contributed by atoms with Crippen molar-refractivity contribution < 1.29 is 28.6 Å². The molecule has 2 saturated heterocycles. The standard InChI is InChI=1S/C23H39N3O6S/c1-18(27)26-14-6-5-10-23(26)31-17-22(2,3)19(32-23)16-25-12-7-11-24-13-15-33-21(29)9-8-20(28)30-4/h8-9,19,24-25H,5-7,10-17H2,1-4H3/b9-8+/t19-,23?/m0/s1. The number of rotatable bonds is 11. The maximum Gasteiger partial charge on any atom is 0.330 e. The second-order valence-corrected chi connectivity index (χ2v) is 10.2. The van der Waals surface area contributed by atoms with Crippen LogP contribution in [0, 0.1) is 5.41 Å². The number of carbonyl (C=O) groups excluding carboxylic acids is 3. The minimum absolute atomic E-state index is 0.00783. The van der Waals surface area contributed by atoms with E-state index in [9.17, 15) is 14.4 Å². The molecular weight excluding hydrogens is 446 g/mol. The van der Waals surface area contributed by atoms with E-state index in [4.69, 9.17) is 9.47 Å². The average Bonchev–Trinajstić information content (AvgIpc) is 2.78. The lowest BCUT2D eigenvalue weighted by atomic mass is 9.85. The molecule has 10 heteroatoms. The van der Waals surface area contributed by atoms with Crippen LogP contribution in [-0.4, -0.2) is 86.1 Å². The average molecular weight is 486 g/mol. The van der Waals surface area contributed by atoms with Crippen molar-refractivity contribution in [3.05, 3.63) is 12.2 Å². The number of hydrogen-bond acceptors (Lipinski definition) is 9. The van der Waals surface area contributed by atoms with E-state index < -0.39 is 11.9 Å². The largest absolute Gasteiger partial charge is 0.466 e. The molecule has 1 unspecified atom stereocenters. The summed E-state index contributed by atoms with van der Waals surface area (Å²) in [6.45, 7) is 10.1. The van der Waals surface area contributed by atoms with Gasteiger partial charge >= 0.3 is 5.97 Å². The molecule has 188 valence electrons. The molecule has 2 N–H and O–H groups in total. The minimum Gasteiger partial charge on any atom is -0.466 e. The van der Waals surface area contributed by atoms with Gasteiger partial charge in [0.25, 0.3) is 5.91 Å². The van der Waals surface area contributed by atoms with Crippen LogP contribution < -0.4 is 10.6 Å². The molecule has 2 heterocycles. The van der Waals surface area contributed by atoms with E-state index >= 15 is 0 Å². The number of ether oxygens (including phenoxy) is 3. The highest BCUT2D eigenvalue weighted by Gasteiger charge is 2.51. The van der Waals surface area contributed by atoms with Gasteiger partial charge in [-0.25, -0.2) is 4.79 Å². The molecule has 1 spiro atoms. The summed E-state index contributed by atoms with van der Waals surface area (Å²) >= 11 is 1.16. The number of esters is 1. The number of hydrogen-bond donors (Lipinski definition) is 2. The van der Waals surface area contributed by atoms with Crippen molar-refractivity contribution in [2.24, 2.45) is 5.41 Å². The van der Waals surface area contributed by atoms with Crippen molar-refractivity contribution in [2.75, 3.05) is 52.2 Å². The van der Waals surface area contributed by atoms with Crippen LogP contribution in [0.2, 0.25) is 0 Å². The Bertz CT molecular complexity index is 702. The summed E-state index contributed by atoms with van der Waals surface area (Å²) in [4.78, 5) is 36.5. The van der Waals surface area contributed by atoms with Crippen molar-refractivity contribution in [3.8, 4) is 0 Å². The fraction of sp³-hybridized carbons (Fsp3) is 0.783. The molecule has 33 heavy (non-hydrogen) atoms. The summed E-state index contributed by atoms with van der Waals surface area (Å²) in [7, 11) is 1.27. The third kappa shape index (κ3) is 8.68. The van der Waals surface area contributed by atoms with E-state index in [1.54, 1.807) is 11.8 Å². The van der Waals surface area contributed by atoms with Crippen LogP contribution in [0.5, 0.6) is 0 Å². The van der Waals surface area contributed by atoms with Gasteiger partial charge in [-0.15, -0.1) is 0 Å². The lowest BCUT2D eigenvalue weighted by Gasteiger charge is -2.54. The molecule has 0 aromatic carbocycles. The van der Waals surface area contributed by atoms with Gasteiger partial charge in [-0.1, -0.05) is 25.6 Å². The van der Waals surface area contributed by atoms with Crippen LogP contribution in [0.3, 0.4) is 0 Å². The fourth-order valence-corrected chi connectivity index (χ4v) is 4.50. The summed E-state index contributed by atoms with van der Waals surface area (Å²) in [5.74, 6) is -0.827. The second kappa shape index (κ2) is 13.4. The number of methoxy groups -OCH3 is 1. The number of likely N-dealkylation sites (tertiary alicyclic amines) is 1. The van der Waals surface area contributed by atoms with E-state index in [-0.39, 0.29) is 22.5 Å². The Morgan fingerprint density at radius 2 is 1.91 bits per heavy atom. The highest BCUT2D eigenvalue weighted by molar-refractivity contribution is 8.14. The van der Waals surface area contributed by atoms with Crippen LogP contribution in [0.15, 0.2) is 12.2 Å². The molecule has 0 radical (unpaired) electrons. The van der Waals surface area contributed by atoms with Gasteiger partial charge in [-0.2, -0.15) is 0 Å². The van der Waals surface area contributed by atoms with Crippen LogP contribution in [0.1, 0.15) is 46.5 Å². The Hall–Kier alpha value is -1.46. The highest BCUT2D eigenvalue weighted by Crippen LogP contribution is 2.41. The number of nitrogens with zero attached hydrogens (tertiary/aromatic N) is 1. The Morgan fingerprint density at radius 1 is 1.15 bits per heavy atom. The van der Waals surface area contributed by atoms with Crippen molar-refractivity contribution in [1.82, 2.24) is 15.5 Å². The number of nitrogens with one attached hydrogen (secondary N) is 2. The highest BCUT2D eigenvalue weighted by atomic mass is 32.2. The Morgan fingerprint density at radius 3 is 2.64 bits per heavy atom. The molecule has 2 aliphatic rings. The molecule has 0 aliphatic carbocycles. The van der Waals surface area contributed by atoms with E-state index in [2.05, 4.69) is 29.2 Å². The molecular formula is C23H39N3O6S. The summed E-state index contributed by atoms with van der Waals surface area (Å²) in [5.41, 5.74) is -0.150. The molecule has 0 bridgehead atoms. The molecule has 0 aromatic heterocycles. The van der Waals surface area contributed by atoms with Gasteiger partial charge in [0.2, 0.25) is 11.0 Å². The van der Waals surface area contributed by atoms with Gasteiger partial charge < -0.3 is 24.8 Å². The van der Waals surface area contributed by atoms with Gasteiger partial charge in [0.15, 0.2) is 0 Å². The first-order valence-corrected chi connectivity index (χ1v) is 12.6. The van der Waals surface area contributed by atoms with Crippen molar-refractivity contribution in [2.45, 2.75) is 58.5 Å². The van der Waals surface area contributed by atoms with Crippen molar-refractivity contribution in [1.29, 1.82) is 0 Å². The zero-order valence-corrected chi connectivity index (χ0v) is 21.1. The van der Waals surface area contributed by atoms with Crippen LogP contribution in [0.25, 0.3) is 0 Å². The summed E-state index contributed by atoms with van der Waals surface area (Å²) in [6.07, 6.45) is 5.92.